The first kappa shape index (κ1) is 22.5. The van der Waals surface area contributed by atoms with Gasteiger partial charge in [0.05, 0.1) is 11.3 Å². The lowest BCUT2D eigenvalue weighted by Crippen LogP contribution is -2.39. The van der Waals surface area contributed by atoms with Gasteiger partial charge in [-0.1, -0.05) is 6.07 Å². The molecule has 1 saturated heterocycles. The van der Waals surface area contributed by atoms with Crippen LogP contribution in [0, 0.1) is 20.8 Å². The zero-order chi connectivity index (χ0) is 23.5. The maximum atomic E-state index is 13.2. The third-order valence-electron chi connectivity index (χ3n) is 5.99. The fourth-order valence-corrected chi connectivity index (χ4v) is 4.26. The molecular formula is C25H28N6O2. The van der Waals surface area contributed by atoms with Crippen LogP contribution in [0.5, 0.6) is 0 Å². The van der Waals surface area contributed by atoms with E-state index in [1.54, 1.807) is 25.5 Å². The molecule has 0 spiro atoms. The van der Waals surface area contributed by atoms with Gasteiger partial charge < -0.3 is 10.2 Å². The van der Waals surface area contributed by atoms with E-state index in [0.29, 0.717) is 35.9 Å². The largest absolute Gasteiger partial charge is 0.354 e. The van der Waals surface area contributed by atoms with Crippen LogP contribution >= 0.6 is 0 Å². The van der Waals surface area contributed by atoms with E-state index in [9.17, 15) is 9.59 Å². The number of piperidine rings is 1. The van der Waals surface area contributed by atoms with Gasteiger partial charge in [-0.3, -0.25) is 19.6 Å². The SMILES string of the molecule is CNC(=O)c1ccc(-c2cc(C)nc(C3CCCN(C(=O)c4cnc(C)nc4C)C3)c2)cn1. The number of hydrogen-bond donors (Lipinski definition) is 1. The summed E-state index contributed by atoms with van der Waals surface area (Å²) in [5.74, 6) is 0.564. The second-order valence-corrected chi connectivity index (χ2v) is 8.44. The van der Waals surface area contributed by atoms with Crippen molar-refractivity contribution in [1.29, 1.82) is 0 Å². The molecule has 0 radical (unpaired) electrons. The van der Waals surface area contributed by atoms with Crippen LogP contribution in [0.1, 0.15) is 62.5 Å². The standard InChI is InChI=1S/C25H28N6O2/c1-15-10-20(18-7-8-22(28-12-18)24(32)26-4)11-23(29-15)19-6-5-9-31(14-19)25(33)21-13-27-17(3)30-16(21)2/h7-8,10-13,19H,5-6,9,14H2,1-4H3,(H,26,32). The lowest BCUT2D eigenvalue weighted by Gasteiger charge is -2.33. The molecule has 1 N–H and O–H groups in total. The Hall–Kier alpha value is -3.68. The molecule has 4 heterocycles. The van der Waals surface area contributed by atoms with Crippen molar-refractivity contribution < 1.29 is 9.59 Å². The number of rotatable bonds is 4. The molecule has 4 rings (SSSR count). The molecule has 0 aromatic carbocycles. The van der Waals surface area contributed by atoms with Gasteiger partial charge in [0.15, 0.2) is 0 Å². The van der Waals surface area contributed by atoms with E-state index >= 15 is 0 Å². The van der Waals surface area contributed by atoms with Crippen molar-refractivity contribution in [3.63, 3.8) is 0 Å². The topological polar surface area (TPSA) is 101 Å². The molecule has 1 atom stereocenters. The van der Waals surface area contributed by atoms with Gasteiger partial charge in [-0.05, 0) is 57.4 Å². The number of aryl methyl sites for hydroxylation is 3. The Kier molecular flexibility index (Phi) is 6.44. The maximum Gasteiger partial charge on any atom is 0.269 e. The van der Waals surface area contributed by atoms with E-state index in [1.807, 2.05) is 37.8 Å². The maximum absolute atomic E-state index is 13.2. The summed E-state index contributed by atoms with van der Waals surface area (Å²) in [7, 11) is 1.59. The van der Waals surface area contributed by atoms with E-state index in [1.165, 1.54) is 0 Å². The first-order valence-electron chi connectivity index (χ1n) is 11.1. The van der Waals surface area contributed by atoms with Crippen molar-refractivity contribution in [3.05, 3.63) is 70.8 Å². The zero-order valence-corrected chi connectivity index (χ0v) is 19.4. The smallest absolute Gasteiger partial charge is 0.269 e. The Morgan fingerprint density at radius 1 is 1.03 bits per heavy atom. The molecule has 0 saturated carbocycles. The number of carbonyl (C=O) groups is 2. The van der Waals surface area contributed by atoms with Gasteiger partial charge in [-0.25, -0.2) is 9.97 Å². The third-order valence-corrected chi connectivity index (χ3v) is 5.99. The molecule has 0 bridgehead atoms. The first-order chi connectivity index (χ1) is 15.9. The van der Waals surface area contributed by atoms with Gasteiger partial charge in [0, 0.05) is 55.4 Å². The molecule has 0 aliphatic carbocycles. The number of nitrogens with one attached hydrogen (secondary N) is 1. The quantitative estimate of drug-likeness (QED) is 0.663. The van der Waals surface area contributed by atoms with Crippen LogP contribution < -0.4 is 5.32 Å². The second kappa shape index (κ2) is 9.44. The van der Waals surface area contributed by atoms with Gasteiger partial charge in [0.1, 0.15) is 11.5 Å². The molecule has 3 aromatic rings. The summed E-state index contributed by atoms with van der Waals surface area (Å²) in [6.45, 7) is 6.96. The number of pyridine rings is 2. The van der Waals surface area contributed by atoms with Crippen molar-refractivity contribution in [3.8, 4) is 11.1 Å². The number of aromatic nitrogens is 4. The number of nitrogens with zero attached hydrogens (tertiary/aromatic N) is 5. The minimum atomic E-state index is -0.214. The predicted octanol–water partition coefficient (Wildman–Crippen LogP) is 3.24. The van der Waals surface area contributed by atoms with Crippen LogP contribution in [0.3, 0.4) is 0 Å². The molecule has 170 valence electrons. The van der Waals surface area contributed by atoms with Crippen molar-refractivity contribution >= 4 is 11.8 Å². The van der Waals surface area contributed by atoms with Crippen molar-refractivity contribution in [2.45, 2.75) is 39.5 Å². The van der Waals surface area contributed by atoms with Crippen molar-refractivity contribution in [2.24, 2.45) is 0 Å². The van der Waals surface area contributed by atoms with E-state index in [0.717, 1.165) is 35.4 Å². The molecule has 1 unspecified atom stereocenters. The second-order valence-electron chi connectivity index (χ2n) is 8.44. The highest BCUT2D eigenvalue weighted by Crippen LogP contribution is 2.30. The fourth-order valence-electron chi connectivity index (χ4n) is 4.26. The van der Waals surface area contributed by atoms with Crippen LogP contribution in [0.15, 0.2) is 36.7 Å². The molecule has 1 aliphatic heterocycles. The Balaban J connectivity index is 1.57. The molecule has 2 amide bonds. The Labute approximate surface area is 193 Å². The molecule has 3 aromatic heterocycles. The van der Waals surface area contributed by atoms with Gasteiger partial charge in [0.25, 0.3) is 11.8 Å². The average molecular weight is 445 g/mol. The van der Waals surface area contributed by atoms with E-state index in [-0.39, 0.29) is 17.7 Å². The van der Waals surface area contributed by atoms with Gasteiger partial charge in [0.2, 0.25) is 0 Å². The molecule has 33 heavy (non-hydrogen) atoms. The van der Waals surface area contributed by atoms with Crippen LogP contribution in [0.4, 0.5) is 0 Å². The lowest BCUT2D eigenvalue weighted by atomic mass is 9.92. The van der Waals surface area contributed by atoms with Gasteiger partial charge >= 0.3 is 0 Å². The highest BCUT2D eigenvalue weighted by atomic mass is 16.2. The van der Waals surface area contributed by atoms with E-state index < -0.39 is 0 Å². The number of amides is 2. The number of carbonyl (C=O) groups excluding carboxylic acids is 2. The van der Waals surface area contributed by atoms with Gasteiger partial charge in [-0.15, -0.1) is 0 Å². The van der Waals surface area contributed by atoms with Gasteiger partial charge in [-0.2, -0.15) is 0 Å². The monoisotopic (exact) mass is 444 g/mol. The summed E-state index contributed by atoms with van der Waals surface area (Å²) in [5, 5.41) is 2.58. The summed E-state index contributed by atoms with van der Waals surface area (Å²) in [6, 6.07) is 7.70. The molecule has 8 nitrogen and oxygen atoms in total. The first-order valence-corrected chi connectivity index (χ1v) is 11.1. The van der Waals surface area contributed by atoms with Crippen LogP contribution in [0.2, 0.25) is 0 Å². The minimum Gasteiger partial charge on any atom is -0.354 e. The normalized spacial score (nSPS) is 15.9. The third kappa shape index (κ3) is 4.89. The number of hydrogen-bond acceptors (Lipinski definition) is 6. The lowest BCUT2D eigenvalue weighted by molar-refractivity contribution is 0.0704. The van der Waals surface area contributed by atoms with Crippen LogP contribution in [-0.4, -0.2) is 56.8 Å². The molecule has 1 aliphatic rings. The highest BCUT2D eigenvalue weighted by molar-refractivity contribution is 5.95. The highest BCUT2D eigenvalue weighted by Gasteiger charge is 2.28. The molecular weight excluding hydrogens is 416 g/mol. The zero-order valence-electron chi connectivity index (χ0n) is 19.4. The van der Waals surface area contributed by atoms with E-state index in [4.69, 9.17) is 4.98 Å². The Bertz CT molecular complexity index is 1190. The number of likely N-dealkylation sites (tertiary alicyclic amines) is 1. The summed E-state index contributed by atoms with van der Waals surface area (Å²) in [4.78, 5) is 44.5. The van der Waals surface area contributed by atoms with Crippen LogP contribution in [-0.2, 0) is 0 Å². The predicted molar refractivity (Wildman–Crippen MR) is 125 cm³/mol. The minimum absolute atomic E-state index is 0.0286. The van der Waals surface area contributed by atoms with Crippen molar-refractivity contribution in [1.82, 2.24) is 30.2 Å². The summed E-state index contributed by atoms with van der Waals surface area (Å²) in [6.07, 6.45) is 5.22. The summed E-state index contributed by atoms with van der Waals surface area (Å²) >= 11 is 0. The summed E-state index contributed by atoms with van der Waals surface area (Å²) in [5.41, 5.74) is 5.44. The Morgan fingerprint density at radius 2 is 1.85 bits per heavy atom. The summed E-state index contributed by atoms with van der Waals surface area (Å²) < 4.78 is 0. The Morgan fingerprint density at radius 3 is 2.55 bits per heavy atom. The fraction of sp³-hybridized carbons (Fsp3) is 0.360. The average Bonchev–Trinajstić information content (AvgIpc) is 2.83. The van der Waals surface area contributed by atoms with E-state index in [2.05, 4.69) is 26.3 Å². The molecule has 8 heteroatoms. The van der Waals surface area contributed by atoms with Crippen LogP contribution in [0.25, 0.3) is 11.1 Å². The molecule has 1 fully saturated rings. The van der Waals surface area contributed by atoms with Crippen molar-refractivity contribution in [2.75, 3.05) is 20.1 Å².